The maximum absolute atomic E-state index is 6.53. The molecule has 0 fully saturated rings. The predicted octanol–water partition coefficient (Wildman–Crippen LogP) is 11.6. The molecule has 0 atom stereocenters. The summed E-state index contributed by atoms with van der Waals surface area (Å²) in [5.74, 6) is 0.695. The summed E-state index contributed by atoms with van der Waals surface area (Å²) in [5, 5.41) is 5.88. The van der Waals surface area contributed by atoms with Gasteiger partial charge >= 0.3 is 0 Å². The van der Waals surface area contributed by atoms with Crippen molar-refractivity contribution in [1.29, 1.82) is 0 Å². The first-order chi connectivity index (χ1) is 23.8. The van der Waals surface area contributed by atoms with Crippen LogP contribution < -0.4 is 0 Å². The lowest BCUT2D eigenvalue weighted by Gasteiger charge is -2.11. The smallest absolute Gasteiger partial charge is 0.213 e. The van der Waals surface area contributed by atoms with Crippen LogP contribution in [0.1, 0.15) is 0 Å². The highest BCUT2D eigenvalue weighted by Crippen LogP contribution is 2.40. The van der Waals surface area contributed by atoms with E-state index in [1.165, 1.54) is 16.2 Å². The number of aromatic nitrogens is 3. The number of rotatable bonds is 4. The van der Waals surface area contributed by atoms with Crippen molar-refractivity contribution in [3.63, 3.8) is 0 Å². The molecule has 4 heteroatoms. The van der Waals surface area contributed by atoms with Crippen molar-refractivity contribution in [1.82, 2.24) is 14.4 Å². The van der Waals surface area contributed by atoms with Crippen LogP contribution >= 0.6 is 0 Å². The van der Waals surface area contributed by atoms with Crippen LogP contribution in [0.2, 0.25) is 0 Å². The fourth-order valence-corrected chi connectivity index (χ4v) is 7.05. The standard InChI is InChI=1S/C44H27N3O/c1-3-12-30-24-33(22-20-28(30)10-1)38-27-37(45-43(46-38)35-23-21-29-11-2-4-13-31(29)25-35)32-14-9-15-34(26-32)42-36-16-5-6-17-39(36)47-40-18-7-8-19-41(40)48-44(42)47/h1-27H. The molecule has 0 N–H and O–H groups in total. The van der Waals surface area contributed by atoms with Gasteiger partial charge in [0.2, 0.25) is 5.71 Å². The molecule has 10 rings (SSSR count). The van der Waals surface area contributed by atoms with Crippen LogP contribution in [0.3, 0.4) is 0 Å². The van der Waals surface area contributed by atoms with Gasteiger partial charge in [-0.15, -0.1) is 0 Å². The minimum atomic E-state index is 0.695. The third-order valence-electron chi connectivity index (χ3n) is 9.37. The Morgan fingerprint density at radius 2 is 1.00 bits per heavy atom. The van der Waals surface area contributed by atoms with Crippen molar-refractivity contribution in [3.8, 4) is 45.0 Å². The van der Waals surface area contributed by atoms with Crippen LogP contribution in [0.5, 0.6) is 0 Å². The normalized spacial score (nSPS) is 11.8. The molecule has 0 saturated carbocycles. The van der Waals surface area contributed by atoms with Gasteiger partial charge in [-0.05, 0) is 69.6 Å². The maximum Gasteiger partial charge on any atom is 0.213 e. The quantitative estimate of drug-likeness (QED) is 0.198. The third-order valence-corrected chi connectivity index (χ3v) is 9.37. The maximum atomic E-state index is 6.53. The van der Waals surface area contributed by atoms with E-state index in [1.54, 1.807) is 0 Å². The second kappa shape index (κ2) is 10.5. The second-order valence-corrected chi connectivity index (χ2v) is 12.3. The number of oxazole rings is 1. The van der Waals surface area contributed by atoms with Gasteiger partial charge in [0, 0.05) is 22.1 Å². The lowest BCUT2D eigenvalue weighted by Crippen LogP contribution is -1.96. The predicted molar refractivity (Wildman–Crippen MR) is 197 cm³/mol. The number of fused-ring (bicyclic) bond motifs is 7. The summed E-state index contributed by atoms with van der Waals surface area (Å²) in [6.07, 6.45) is 0. The lowest BCUT2D eigenvalue weighted by atomic mass is 9.99. The van der Waals surface area contributed by atoms with Crippen molar-refractivity contribution in [2.75, 3.05) is 0 Å². The van der Waals surface area contributed by atoms with E-state index in [0.717, 1.165) is 72.3 Å². The van der Waals surface area contributed by atoms with Crippen LogP contribution in [0, 0.1) is 0 Å². The molecule has 3 aromatic heterocycles. The Morgan fingerprint density at radius 1 is 0.417 bits per heavy atom. The van der Waals surface area contributed by atoms with Crippen LogP contribution in [0.15, 0.2) is 168 Å². The number of hydrogen-bond donors (Lipinski definition) is 0. The fourth-order valence-electron chi connectivity index (χ4n) is 7.05. The van der Waals surface area contributed by atoms with Gasteiger partial charge in [0.1, 0.15) is 0 Å². The van der Waals surface area contributed by atoms with E-state index in [0.29, 0.717) is 5.82 Å². The molecule has 0 radical (unpaired) electrons. The van der Waals surface area contributed by atoms with E-state index in [2.05, 4.69) is 156 Å². The van der Waals surface area contributed by atoms with Gasteiger partial charge in [-0.2, -0.15) is 0 Å². The van der Waals surface area contributed by atoms with E-state index in [4.69, 9.17) is 14.4 Å². The summed E-state index contributed by atoms with van der Waals surface area (Å²) < 4.78 is 8.76. The first-order valence-electron chi connectivity index (χ1n) is 16.2. The minimum Gasteiger partial charge on any atom is -0.438 e. The lowest BCUT2D eigenvalue weighted by molar-refractivity contribution is 0.658. The topological polar surface area (TPSA) is 43.3 Å². The zero-order chi connectivity index (χ0) is 31.6. The van der Waals surface area contributed by atoms with Gasteiger partial charge in [0.05, 0.1) is 28.0 Å². The van der Waals surface area contributed by atoms with Crippen molar-refractivity contribution >= 4 is 49.3 Å². The van der Waals surface area contributed by atoms with E-state index in [-0.39, 0.29) is 0 Å². The van der Waals surface area contributed by atoms with Gasteiger partial charge in [-0.3, -0.25) is 4.40 Å². The van der Waals surface area contributed by atoms with Gasteiger partial charge in [0.25, 0.3) is 0 Å². The molecule has 48 heavy (non-hydrogen) atoms. The van der Waals surface area contributed by atoms with Gasteiger partial charge in [0.15, 0.2) is 11.4 Å². The Kier molecular flexibility index (Phi) is 5.84. The Hall–Kier alpha value is -6.52. The number of hydrogen-bond acceptors (Lipinski definition) is 3. The molecule has 10 aromatic rings. The Balaban J connectivity index is 1.19. The van der Waals surface area contributed by atoms with Crippen LogP contribution in [-0.4, -0.2) is 14.4 Å². The molecule has 4 nitrogen and oxygen atoms in total. The third kappa shape index (κ3) is 4.24. The summed E-state index contributed by atoms with van der Waals surface area (Å²) in [7, 11) is 0. The van der Waals surface area contributed by atoms with Crippen LogP contribution in [-0.2, 0) is 0 Å². The van der Waals surface area contributed by atoms with Crippen LogP contribution in [0.25, 0.3) is 94.3 Å². The van der Waals surface area contributed by atoms with Crippen molar-refractivity contribution in [3.05, 3.63) is 164 Å². The molecule has 224 valence electrons. The summed E-state index contributed by atoms with van der Waals surface area (Å²) in [6, 6.07) is 57.3. The Bertz CT molecular complexity index is 2760. The molecular weight excluding hydrogens is 587 g/mol. The molecule has 0 bridgehead atoms. The Morgan fingerprint density at radius 3 is 1.77 bits per heavy atom. The summed E-state index contributed by atoms with van der Waals surface area (Å²) in [4.78, 5) is 10.4. The summed E-state index contributed by atoms with van der Waals surface area (Å²) >= 11 is 0. The number of para-hydroxylation sites is 3. The monoisotopic (exact) mass is 613 g/mol. The van der Waals surface area contributed by atoms with E-state index < -0.39 is 0 Å². The van der Waals surface area contributed by atoms with Crippen molar-refractivity contribution in [2.45, 2.75) is 0 Å². The second-order valence-electron chi connectivity index (χ2n) is 12.3. The zero-order valence-corrected chi connectivity index (χ0v) is 25.8. The molecule has 0 saturated heterocycles. The first-order valence-corrected chi connectivity index (χ1v) is 16.2. The minimum absolute atomic E-state index is 0.695. The number of nitrogens with zero attached hydrogens (tertiary/aromatic N) is 3. The number of benzene rings is 7. The van der Waals surface area contributed by atoms with Gasteiger partial charge in [-0.25, -0.2) is 9.97 Å². The highest BCUT2D eigenvalue weighted by molar-refractivity contribution is 6.07. The summed E-state index contributed by atoms with van der Waals surface area (Å²) in [5.41, 5.74) is 10.8. The van der Waals surface area contributed by atoms with Crippen LogP contribution in [0.4, 0.5) is 0 Å². The Labute approximate surface area is 276 Å². The summed E-state index contributed by atoms with van der Waals surface area (Å²) in [6.45, 7) is 0. The largest absolute Gasteiger partial charge is 0.438 e. The average Bonchev–Trinajstić information content (AvgIpc) is 3.69. The zero-order valence-electron chi connectivity index (χ0n) is 25.8. The van der Waals surface area contributed by atoms with E-state index in [9.17, 15) is 0 Å². The molecule has 0 amide bonds. The van der Waals surface area contributed by atoms with Gasteiger partial charge < -0.3 is 4.42 Å². The van der Waals surface area contributed by atoms with Crippen molar-refractivity contribution in [2.24, 2.45) is 0 Å². The molecule has 3 heterocycles. The molecular formula is C44H27N3O. The molecule has 0 spiro atoms. The SMILES string of the molecule is c1cc(-c2cc(-c3ccc4ccccc4c3)nc(-c3ccc4ccccc4c3)n2)cc(-c2c3ccccc3n3c2oc2ccccc23)c1. The molecule has 0 unspecified atom stereocenters. The highest BCUT2D eigenvalue weighted by Gasteiger charge is 2.20. The molecule has 0 aliphatic heterocycles. The molecule has 7 aromatic carbocycles. The van der Waals surface area contributed by atoms with E-state index in [1.807, 2.05) is 12.1 Å². The van der Waals surface area contributed by atoms with Gasteiger partial charge in [-0.1, -0.05) is 121 Å². The average molecular weight is 614 g/mol. The first kappa shape index (κ1) is 26.7. The van der Waals surface area contributed by atoms with Crippen molar-refractivity contribution < 1.29 is 4.42 Å². The molecule has 0 aliphatic rings. The fraction of sp³-hybridized carbons (Fsp3) is 0. The molecule has 0 aliphatic carbocycles. The van der Waals surface area contributed by atoms with E-state index >= 15 is 0 Å². The highest BCUT2D eigenvalue weighted by atomic mass is 16.3.